The second-order valence-electron chi connectivity index (χ2n) is 8.96. The Morgan fingerprint density at radius 1 is 1.00 bits per heavy atom. The highest BCUT2D eigenvalue weighted by atomic mass is 19.1. The molecule has 0 fully saturated rings. The van der Waals surface area contributed by atoms with Crippen LogP contribution < -0.4 is 16.8 Å². The molecular weight excluding hydrogens is 509 g/mol. The zero-order valence-corrected chi connectivity index (χ0v) is 20.7. The van der Waals surface area contributed by atoms with Crippen molar-refractivity contribution in [3.05, 3.63) is 98.1 Å². The lowest BCUT2D eigenvalue weighted by Crippen LogP contribution is -2.38. The Bertz CT molecular complexity index is 1540. The van der Waals surface area contributed by atoms with Gasteiger partial charge in [-0.05, 0) is 60.8 Å². The maximum atomic E-state index is 14.7. The first-order chi connectivity index (χ1) is 18.7. The molecule has 0 aliphatic carbocycles. The summed E-state index contributed by atoms with van der Waals surface area (Å²) in [7, 11) is 0. The van der Waals surface area contributed by atoms with Crippen molar-refractivity contribution < 1.29 is 19.0 Å². The molecule has 4 aromatic rings. The first kappa shape index (κ1) is 27.3. The Morgan fingerprint density at radius 3 is 2.33 bits per heavy atom. The van der Waals surface area contributed by atoms with Crippen LogP contribution in [0, 0.1) is 26.0 Å². The molecule has 1 amide bonds. The van der Waals surface area contributed by atoms with Gasteiger partial charge in [0.2, 0.25) is 0 Å². The number of halogens is 1. The number of rotatable bonds is 11. The molecule has 3 aromatic carbocycles. The second kappa shape index (κ2) is 11.8. The molecule has 0 saturated carbocycles. The fourth-order valence-corrected chi connectivity index (χ4v) is 4.16. The van der Waals surface area contributed by atoms with Crippen molar-refractivity contribution in [2.75, 3.05) is 13.1 Å². The van der Waals surface area contributed by atoms with Crippen LogP contribution in [-0.2, 0) is 6.54 Å². The van der Waals surface area contributed by atoms with Crippen LogP contribution in [0.1, 0.15) is 29.0 Å². The van der Waals surface area contributed by atoms with Crippen molar-refractivity contribution in [1.29, 1.82) is 0 Å². The Kier molecular flexibility index (Phi) is 8.22. The minimum Gasteiger partial charge on any atom is -0.348 e. The molecule has 1 aromatic heterocycles. The summed E-state index contributed by atoms with van der Waals surface area (Å²) < 4.78 is 16.2. The summed E-state index contributed by atoms with van der Waals surface area (Å²) in [6, 6.07) is 14.0. The number of imidazole rings is 1. The number of non-ortho nitro benzene ring substituents is 2. The van der Waals surface area contributed by atoms with E-state index in [1.54, 1.807) is 30.3 Å². The van der Waals surface area contributed by atoms with Crippen molar-refractivity contribution in [3.63, 3.8) is 0 Å². The molecule has 0 bridgehead atoms. The number of nitrogens with one attached hydrogen (secondary N) is 1. The molecule has 1 atom stereocenters. The third-order valence-electron chi connectivity index (χ3n) is 6.24. The molecule has 202 valence electrons. The first-order valence-electron chi connectivity index (χ1n) is 12.1. The summed E-state index contributed by atoms with van der Waals surface area (Å²) in [5.74, 6) is -1.25. The molecule has 0 aliphatic heterocycles. The average molecular weight is 536 g/mol. The lowest BCUT2D eigenvalue weighted by atomic mass is 10.0. The van der Waals surface area contributed by atoms with Crippen LogP contribution in [-0.4, -0.2) is 44.4 Å². The highest BCUT2D eigenvalue weighted by molar-refractivity contribution is 5.95. The van der Waals surface area contributed by atoms with Crippen molar-refractivity contribution >= 4 is 28.3 Å². The smallest absolute Gasteiger partial charge is 0.287 e. The van der Waals surface area contributed by atoms with E-state index in [-0.39, 0.29) is 41.9 Å². The molecule has 1 unspecified atom stereocenters. The van der Waals surface area contributed by atoms with E-state index >= 15 is 0 Å². The van der Waals surface area contributed by atoms with E-state index in [4.69, 9.17) is 11.5 Å². The van der Waals surface area contributed by atoms with Gasteiger partial charge in [-0.25, -0.2) is 9.37 Å². The average Bonchev–Trinajstić information content (AvgIpc) is 3.29. The third kappa shape index (κ3) is 6.22. The quantitative estimate of drug-likeness (QED) is 0.192. The number of nitrogens with zero attached hydrogens (tertiary/aromatic N) is 4. The van der Waals surface area contributed by atoms with Gasteiger partial charge in [-0.2, -0.15) is 0 Å². The number of hydrogen-bond donors (Lipinski definition) is 3. The summed E-state index contributed by atoms with van der Waals surface area (Å²) in [4.78, 5) is 38.8. The van der Waals surface area contributed by atoms with Crippen molar-refractivity contribution in [3.8, 4) is 11.1 Å². The SMILES string of the molecule is NCCCC(N)CNC(=O)c1nc2ccc(-c3ccc([N+](=O)[O-])cc3)cc2n1Cc1cc([N+](=O)[O-])ccc1F. The van der Waals surface area contributed by atoms with Gasteiger partial charge >= 0.3 is 0 Å². The topological polar surface area (TPSA) is 185 Å². The first-order valence-corrected chi connectivity index (χ1v) is 12.1. The summed E-state index contributed by atoms with van der Waals surface area (Å²) in [5, 5.41) is 25.1. The lowest BCUT2D eigenvalue weighted by Gasteiger charge is -2.14. The number of hydrogen-bond acceptors (Lipinski definition) is 8. The number of nitro benzene ring substituents is 2. The third-order valence-corrected chi connectivity index (χ3v) is 6.24. The van der Waals surface area contributed by atoms with Crippen LogP contribution in [0.5, 0.6) is 0 Å². The number of fused-ring (bicyclic) bond motifs is 1. The summed E-state index contributed by atoms with van der Waals surface area (Å²) >= 11 is 0. The predicted molar refractivity (Wildman–Crippen MR) is 143 cm³/mol. The number of aromatic nitrogens is 2. The minimum atomic E-state index is -0.677. The second-order valence-corrected chi connectivity index (χ2v) is 8.96. The summed E-state index contributed by atoms with van der Waals surface area (Å²) in [6.07, 6.45) is 1.32. The van der Waals surface area contributed by atoms with Gasteiger partial charge < -0.3 is 21.4 Å². The van der Waals surface area contributed by atoms with Crippen LogP contribution in [0.25, 0.3) is 22.2 Å². The van der Waals surface area contributed by atoms with E-state index in [9.17, 15) is 29.4 Å². The molecule has 4 rings (SSSR count). The molecule has 0 aliphatic rings. The molecule has 5 N–H and O–H groups in total. The fourth-order valence-electron chi connectivity index (χ4n) is 4.16. The van der Waals surface area contributed by atoms with Gasteiger partial charge in [-0.3, -0.25) is 25.0 Å². The molecule has 0 spiro atoms. The fraction of sp³-hybridized carbons (Fsp3) is 0.231. The zero-order chi connectivity index (χ0) is 28.1. The van der Waals surface area contributed by atoms with Crippen molar-refractivity contribution in [2.24, 2.45) is 11.5 Å². The minimum absolute atomic E-state index is 0.00191. The summed E-state index contributed by atoms with van der Waals surface area (Å²) in [6.45, 7) is 0.431. The largest absolute Gasteiger partial charge is 0.348 e. The van der Waals surface area contributed by atoms with E-state index in [1.165, 1.54) is 16.7 Å². The molecule has 13 heteroatoms. The van der Waals surface area contributed by atoms with Crippen LogP contribution in [0.3, 0.4) is 0 Å². The molecule has 12 nitrogen and oxygen atoms in total. The Labute approximate surface area is 221 Å². The van der Waals surface area contributed by atoms with Crippen LogP contribution in [0.4, 0.5) is 15.8 Å². The number of benzene rings is 3. The highest BCUT2D eigenvalue weighted by Gasteiger charge is 2.21. The van der Waals surface area contributed by atoms with Gasteiger partial charge in [-0.15, -0.1) is 0 Å². The molecule has 1 heterocycles. The van der Waals surface area contributed by atoms with Crippen LogP contribution in [0.15, 0.2) is 60.7 Å². The number of carbonyl (C=O) groups is 1. The predicted octanol–water partition coefficient (Wildman–Crippen LogP) is 3.50. The normalized spacial score (nSPS) is 11.9. The van der Waals surface area contributed by atoms with E-state index in [2.05, 4.69) is 10.3 Å². The molecule has 39 heavy (non-hydrogen) atoms. The molecular formula is C26H26FN7O5. The maximum absolute atomic E-state index is 14.7. The van der Waals surface area contributed by atoms with Crippen LogP contribution in [0.2, 0.25) is 0 Å². The van der Waals surface area contributed by atoms with Gasteiger partial charge in [0, 0.05) is 42.4 Å². The zero-order valence-electron chi connectivity index (χ0n) is 20.7. The maximum Gasteiger partial charge on any atom is 0.287 e. The van der Waals surface area contributed by atoms with Crippen molar-refractivity contribution in [1.82, 2.24) is 14.9 Å². The van der Waals surface area contributed by atoms with Crippen LogP contribution >= 0.6 is 0 Å². The number of amides is 1. The van der Waals surface area contributed by atoms with Gasteiger partial charge in [0.25, 0.3) is 17.3 Å². The van der Waals surface area contributed by atoms with E-state index < -0.39 is 21.6 Å². The number of nitro groups is 2. The Hall–Kier alpha value is -4.75. The highest BCUT2D eigenvalue weighted by Crippen LogP contribution is 2.28. The number of nitrogens with two attached hydrogens (primary N) is 2. The van der Waals surface area contributed by atoms with Gasteiger partial charge in [0.1, 0.15) is 5.82 Å². The lowest BCUT2D eigenvalue weighted by molar-refractivity contribution is -0.385. The summed E-state index contributed by atoms with van der Waals surface area (Å²) in [5.41, 5.74) is 13.5. The van der Waals surface area contributed by atoms with E-state index in [1.807, 2.05) is 0 Å². The van der Waals surface area contributed by atoms with Gasteiger partial charge in [0.05, 0.1) is 27.4 Å². The Morgan fingerprint density at radius 2 is 1.67 bits per heavy atom. The van der Waals surface area contributed by atoms with Gasteiger partial charge in [0.15, 0.2) is 5.82 Å². The Balaban J connectivity index is 1.76. The standard InChI is InChI=1S/C26H26FN7O5/c27-22-9-8-21(34(38)39)12-18(22)15-32-24-13-17(16-3-6-20(7-4-16)33(36)37)5-10-23(24)31-25(32)26(35)30-14-19(29)2-1-11-28/h3-10,12-13,19H,1-2,11,14-15,28-29H2,(H,30,35). The number of carbonyl (C=O) groups excluding carboxylic acids is 1. The van der Waals surface area contributed by atoms with Gasteiger partial charge in [-0.1, -0.05) is 6.07 Å². The molecule has 0 radical (unpaired) electrons. The van der Waals surface area contributed by atoms with Crippen molar-refractivity contribution in [2.45, 2.75) is 25.4 Å². The van der Waals surface area contributed by atoms with E-state index in [0.717, 1.165) is 18.2 Å². The monoisotopic (exact) mass is 535 g/mol. The molecule has 0 saturated heterocycles. The van der Waals surface area contributed by atoms with E-state index in [0.29, 0.717) is 41.5 Å².